The van der Waals surface area contributed by atoms with Gasteiger partial charge < -0.3 is 9.84 Å². The Bertz CT molecular complexity index is 909. The summed E-state index contributed by atoms with van der Waals surface area (Å²) in [4.78, 5) is 35.1. The Morgan fingerprint density at radius 1 is 1.26 bits per heavy atom. The molecule has 2 N–H and O–H groups in total. The number of thiazole rings is 1. The summed E-state index contributed by atoms with van der Waals surface area (Å²) >= 11 is 1.18. The molecule has 23 heavy (non-hydrogen) atoms. The number of aromatic nitrogens is 3. The standard InChI is InChI=1S/C14H10N4O4S/c1-22-13-15-5-4-9(16-13)11(19)18-14-17-8-3-2-7(12(20)21)6-10(8)23-14/h2-6H,1H3,(H,20,21)(H,17,18,19). The number of anilines is 1. The number of hydrogen-bond acceptors (Lipinski definition) is 7. The largest absolute Gasteiger partial charge is 0.478 e. The Balaban J connectivity index is 1.85. The van der Waals surface area contributed by atoms with Crippen LogP contribution in [0.1, 0.15) is 20.8 Å². The van der Waals surface area contributed by atoms with Gasteiger partial charge in [0, 0.05) is 6.20 Å². The van der Waals surface area contributed by atoms with Gasteiger partial charge in [-0.3, -0.25) is 10.1 Å². The first-order chi connectivity index (χ1) is 11.1. The second kappa shape index (κ2) is 5.97. The summed E-state index contributed by atoms with van der Waals surface area (Å²) < 4.78 is 5.54. The van der Waals surface area contributed by atoms with Gasteiger partial charge in [-0.1, -0.05) is 11.3 Å². The van der Waals surface area contributed by atoms with Gasteiger partial charge in [-0.2, -0.15) is 4.98 Å². The van der Waals surface area contributed by atoms with Gasteiger partial charge in [0.05, 0.1) is 22.9 Å². The summed E-state index contributed by atoms with van der Waals surface area (Å²) in [7, 11) is 1.41. The van der Waals surface area contributed by atoms with Crippen LogP contribution in [0.15, 0.2) is 30.5 Å². The lowest BCUT2D eigenvalue weighted by Crippen LogP contribution is -2.14. The molecule has 2 aromatic heterocycles. The molecule has 0 unspecified atom stereocenters. The van der Waals surface area contributed by atoms with Crippen molar-refractivity contribution < 1.29 is 19.4 Å². The van der Waals surface area contributed by atoms with Gasteiger partial charge in [0.15, 0.2) is 5.13 Å². The highest BCUT2D eigenvalue weighted by Crippen LogP contribution is 2.27. The molecule has 3 aromatic rings. The molecular weight excluding hydrogens is 320 g/mol. The SMILES string of the molecule is COc1nccc(C(=O)Nc2nc3ccc(C(=O)O)cc3s2)n1. The van der Waals surface area contributed by atoms with Crippen molar-refractivity contribution >= 4 is 38.6 Å². The van der Waals surface area contributed by atoms with Crippen molar-refractivity contribution in [1.29, 1.82) is 0 Å². The summed E-state index contributed by atoms with van der Waals surface area (Å²) in [5.74, 6) is -1.47. The number of methoxy groups -OCH3 is 1. The molecule has 0 saturated carbocycles. The third-order valence-corrected chi connectivity index (χ3v) is 3.84. The van der Waals surface area contributed by atoms with Crippen LogP contribution >= 0.6 is 11.3 Å². The molecule has 0 aliphatic rings. The first kappa shape index (κ1) is 14.9. The fourth-order valence-electron chi connectivity index (χ4n) is 1.84. The number of carbonyl (C=O) groups is 2. The fraction of sp³-hybridized carbons (Fsp3) is 0.0714. The zero-order valence-electron chi connectivity index (χ0n) is 11.8. The van der Waals surface area contributed by atoms with Crippen LogP contribution in [-0.4, -0.2) is 39.0 Å². The molecule has 8 nitrogen and oxygen atoms in total. The topological polar surface area (TPSA) is 114 Å². The zero-order chi connectivity index (χ0) is 16.4. The lowest BCUT2D eigenvalue weighted by atomic mass is 10.2. The number of hydrogen-bond donors (Lipinski definition) is 2. The van der Waals surface area contributed by atoms with Crippen molar-refractivity contribution in [2.45, 2.75) is 0 Å². The van der Waals surface area contributed by atoms with Crippen LogP contribution in [0.4, 0.5) is 5.13 Å². The van der Waals surface area contributed by atoms with Gasteiger partial charge >= 0.3 is 12.0 Å². The van der Waals surface area contributed by atoms with E-state index >= 15 is 0 Å². The number of amides is 1. The van der Waals surface area contributed by atoms with Crippen molar-refractivity contribution in [2.24, 2.45) is 0 Å². The summed E-state index contributed by atoms with van der Waals surface area (Å²) in [6, 6.07) is 6.11. The van der Waals surface area contributed by atoms with E-state index in [4.69, 9.17) is 9.84 Å². The maximum Gasteiger partial charge on any atom is 0.335 e. The molecule has 0 radical (unpaired) electrons. The van der Waals surface area contributed by atoms with Crippen LogP contribution in [0.5, 0.6) is 6.01 Å². The minimum absolute atomic E-state index is 0.0908. The highest BCUT2D eigenvalue weighted by Gasteiger charge is 2.13. The Kier molecular flexibility index (Phi) is 3.85. The van der Waals surface area contributed by atoms with E-state index < -0.39 is 11.9 Å². The number of nitrogens with one attached hydrogen (secondary N) is 1. The van der Waals surface area contributed by atoms with Crippen LogP contribution in [0.2, 0.25) is 0 Å². The lowest BCUT2D eigenvalue weighted by molar-refractivity contribution is 0.0697. The van der Waals surface area contributed by atoms with Crippen LogP contribution in [0, 0.1) is 0 Å². The van der Waals surface area contributed by atoms with E-state index in [0.717, 1.165) is 0 Å². The van der Waals surface area contributed by atoms with E-state index in [9.17, 15) is 9.59 Å². The van der Waals surface area contributed by atoms with Gasteiger partial charge in [0.25, 0.3) is 5.91 Å². The average molecular weight is 330 g/mol. The first-order valence-corrected chi connectivity index (χ1v) is 7.21. The number of ether oxygens (including phenoxy) is 1. The minimum atomic E-state index is -1.01. The molecule has 0 atom stereocenters. The van der Waals surface area contributed by atoms with Gasteiger partial charge in [0.1, 0.15) is 5.69 Å². The Labute approximate surface area is 133 Å². The van der Waals surface area contributed by atoms with Crippen LogP contribution < -0.4 is 10.1 Å². The predicted octanol–water partition coefficient (Wildman–Crippen LogP) is 2.05. The molecular formula is C14H10N4O4S. The highest BCUT2D eigenvalue weighted by atomic mass is 32.1. The third kappa shape index (κ3) is 3.09. The van der Waals surface area contributed by atoms with Gasteiger partial charge in [-0.05, 0) is 24.3 Å². The molecule has 0 aliphatic heterocycles. The van der Waals surface area contributed by atoms with Crippen LogP contribution in [0.25, 0.3) is 10.2 Å². The zero-order valence-corrected chi connectivity index (χ0v) is 12.6. The van der Waals surface area contributed by atoms with E-state index in [1.165, 1.54) is 42.8 Å². The van der Waals surface area contributed by atoms with E-state index in [1.54, 1.807) is 6.07 Å². The predicted molar refractivity (Wildman–Crippen MR) is 83.1 cm³/mol. The summed E-state index contributed by atoms with van der Waals surface area (Å²) in [6.07, 6.45) is 1.41. The second-order valence-corrected chi connectivity index (χ2v) is 5.42. The van der Waals surface area contributed by atoms with Crippen LogP contribution in [-0.2, 0) is 0 Å². The molecule has 9 heteroatoms. The highest BCUT2D eigenvalue weighted by molar-refractivity contribution is 7.22. The number of carboxylic acids is 1. The number of nitrogens with zero attached hydrogens (tertiary/aromatic N) is 3. The maximum atomic E-state index is 12.1. The maximum absolute atomic E-state index is 12.1. The van der Waals surface area contributed by atoms with E-state index in [1.807, 2.05) is 0 Å². The van der Waals surface area contributed by atoms with Gasteiger partial charge in [-0.15, -0.1) is 0 Å². The smallest absolute Gasteiger partial charge is 0.335 e. The molecule has 1 amide bonds. The minimum Gasteiger partial charge on any atom is -0.478 e. The van der Waals surface area contributed by atoms with Gasteiger partial charge in [0.2, 0.25) is 0 Å². The van der Waals surface area contributed by atoms with Crippen molar-refractivity contribution in [3.8, 4) is 6.01 Å². The second-order valence-electron chi connectivity index (χ2n) is 4.39. The van der Waals surface area contributed by atoms with E-state index in [-0.39, 0.29) is 17.3 Å². The third-order valence-electron chi connectivity index (χ3n) is 2.90. The van der Waals surface area contributed by atoms with Crippen molar-refractivity contribution in [3.05, 3.63) is 41.7 Å². The average Bonchev–Trinajstić information content (AvgIpc) is 2.96. The van der Waals surface area contributed by atoms with Crippen molar-refractivity contribution in [1.82, 2.24) is 15.0 Å². The summed E-state index contributed by atoms with van der Waals surface area (Å²) in [5, 5.41) is 12.0. The van der Waals surface area contributed by atoms with E-state index in [0.29, 0.717) is 15.3 Å². The molecule has 3 rings (SSSR count). The molecule has 2 heterocycles. The normalized spacial score (nSPS) is 10.5. The van der Waals surface area contributed by atoms with Crippen molar-refractivity contribution in [3.63, 3.8) is 0 Å². The fourth-order valence-corrected chi connectivity index (χ4v) is 2.74. The first-order valence-electron chi connectivity index (χ1n) is 6.39. The summed E-state index contributed by atoms with van der Waals surface area (Å²) in [5.41, 5.74) is 0.914. The quantitative estimate of drug-likeness (QED) is 0.752. The monoisotopic (exact) mass is 330 g/mol. The van der Waals surface area contributed by atoms with E-state index in [2.05, 4.69) is 20.3 Å². The summed E-state index contributed by atoms with van der Waals surface area (Å²) in [6.45, 7) is 0. The molecule has 0 spiro atoms. The number of carboxylic acid groups (broad SMARTS) is 1. The molecule has 0 bridgehead atoms. The molecule has 116 valence electrons. The van der Waals surface area contributed by atoms with Crippen molar-refractivity contribution in [2.75, 3.05) is 12.4 Å². The van der Waals surface area contributed by atoms with Gasteiger partial charge in [-0.25, -0.2) is 14.8 Å². The number of fused-ring (bicyclic) bond motifs is 1. The molecule has 1 aromatic carbocycles. The Morgan fingerprint density at radius 3 is 2.83 bits per heavy atom. The van der Waals surface area contributed by atoms with Crippen LogP contribution in [0.3, 0.4) is 0 Å². The number of carbonyl (C=O) groups excluding carboxylic acids is 1. The number of benzene rings is 1. The Morgan fingerprint density at radius 2 is 2.09 bits per heavy atom. The molecule has 0 saturated heterocycles. The molecule has 0 aliphatic carbocycles. The Hall–Kier alpha value is -3.07. The number of rotatable bonds is 4. The number of aromatic carboxylic acids is 1. The lowest BCUT2D eigenvalue weighted by Gasteiger charge is -2.01. The molecule has 0 fully saturated rings.